The van der Waals surface area contributed by atoms with Crippen LogP contribution in [0.3, 0.4) is 0 Å². The van der Waals surface area contributed by atoms with Crippen LogP contribution in [0.1, 0.15) is 128 Å². The van der Waals surface area contributed by atoms with Crippen LogP contribution in [0.25, 0.3) is 66.8 Å². The third-order valence-corrected chi connectivity index (χ3v) is 17.9. The SMILES string of the molecule is CC(C)(C)c1cc(-c2cccc(N(c3cc(Oc4ccc5c(c4)C4(c6ccccc6-c6ccccc64)c4ccccc4-5)cc(-c4cc(C(C)(C)C)cc(C(C)(C)C)c4)c3)c3c(-c4ccccc4)cccc3-c3ccccc3)c2)cc(C(C)(C)C)c1. The lowest BCUT2D eigenvalue weighted by Crippen LogP contribution is -2.25. The maximum atomic E-state index is 7.59. The second kappa shape index (κ2) is 20.7. The summed E-state index contributed by atoms with van der Waals surface area (Å²) in [7, 11) is 0. The zero-order valence-electron chi connectivity index (χ0n) is 51.5. The molecule has 2 heteroatoms. The van der Waals surface area contributed by atoms with Crippen LogP contribution < -0.4 is 9.64 Å². The Balaban J connectivity index is 1.09. The summed E-state index contributed by atoms with van der Waals surface area (Å²) in [6.07, 6.45) is 0. The van der Waals surface area contributed by atoms with E-state index in [9.17, 15) is 0 Å². The largest absolute Gasteiger partial charge is 0.457 e. The summed E-state index contributed by atoms with van der Waals surface area (Å²) in [5, 5.41) is 0. The average Bonchev–Trinajstić information content (AvgIpc) is 1.54. The van der Waals surface area contributed by atoms with Gasteiger partial charge in [-0.25, -0.2) is 0 Å². The number of rotatable bonds is 9. The van der Waals surface area contributed by atoms with Gasteiger partial charge in [0.1, 0.15) is 11.5 Å². The molecule has 0 N–H and O–H groups in total. The number of benzene rings is 11. The summed E-state index contributed by atoms with van der Waals surface area (Å²) in [4.78, 5) is 2.52. The minimum atomic E-state index is -0.515. The Kier molecular flexibility index (Phi) is 13.4. The maximum absolute atomic E-state index is 7.59. The second-order valence-corrected chi connectivity index (χ2v) is 27.8. The molecular weight excluding hydrogens is 1030 g/mol. The van der Waals surface area contributed by atoms with Crippen molar-refractivity contribution in [2.75, 3.05) is 4.90 Å². The Morgan fingerprint density at radius 1 is 0.259 bits per heavy atom. The topological polar surface area (TPSA) is 12.5 Å². The lowest BCUT2D eigenvalue weighted by molar-refractivity contribution is 0.482. The van der Waals surface area contributed by atoms with Gasteiger partial charge in [0.25, 0.3) is 0 Å². The molecule has 0 saturated carbocycles. The number of fused-ring (bicyclic) bond motifs is 10. The molecule has 0 radical (unpaired) electrons. The number of nitrogens with zero attached hydrogens (tertiary/aromatic N) is 1. The summed E-state index contributed by atoms with van der Waals surface area (Å²) in [5.74, 6) is 1.53. The summed E-state index contributed by atoms with van der Waals surface area (Å²) in [6.45, 7) is 27.9. The van der Waals surface area contributed by atoms with Gasteiger partial charge in [-0.3, -0.25) is 0 Å². The molecule has 0 saturated heterocycles. The molecule has 11 aromatic carbocycles. The van der Waals surface area contributed by atoms with Crippen molar-refractivity contribution in [2.45, 2.75) is 110 Å². The van der Waals surface area contributed by atoms with Gasteiger partial charge in [0, 0.05) is 22.9 Å². The summed E-state index contributed by atoms with van der Waals surface area (Å²) in [5.41, 5.74) is 26.8. The first kappa shape index (κ1) is 55.2. The quantitative estimate of drug-likeness (QED) is 0.143. The molecule has 13 rings (SSSR count). The van der Waals surface area contributed by atoms with Gasteiger partial charge in [-0.05, 0) is 158 Å². The molecule has 0 amide bonds. The molecule has 85 heavy (non-hydrogen) atoms. The molecule has 0 bridgehead atoms. The van der Waals surface area contributed by atoms with Gasteiger partial charge in [0.2, 0.25) is 0 Å². The van der Waals surface area contributed by atoms with Crippen LogP contribution in [0.5, 0.6) is 11.5 Å². The fourth-order valence-corrected chi connectivity index (χ4v) is 13.2. The zero-order valence-corrected chi connectivity index (χ0v) is 51.5. The van der Waals surface area contributed by atoms with Crippen molar-refractivity contribution in [3.05, 3.63) is 293 Å². The van der Waals surface area contributed by atoms with Gasteiger partial charge < -0.3 is 9.64 Å². The van der Waals surface area contributed by atoms with E-state index in [-0.39, 0.29) is 21.7 Å². The smallest absolute Gasteiger partial charge is 0.130 e. The highest BCUT2D eigenvalue weighted by atomic mass is 16.5. The highest BCUT2D eigenvalue weighted by Crippen LogP contribution is 2.63. The molecule has 0 atom stereocenters. The molecule has 1 spiro atoms. The Labute approximate surface area is 505 Å². The van der Waals surface area contributed by atoms with E-state index in [1.165, 1.54) is 72.3 Å². The number of anilines is 3. The highest BCUT2D eigenvalue weighted by Gasteiger charge is 2.51. The van der Waals surface area contributed by atoms with E-state index in [2.05, 4.69) is 337 Å². The first-order valence-corrected chi connectivity index (χ1v) is 30.4. The van der Waals surface area contributed by atoms with Crippen LogP contribution in [0, 0.1) is 0 Å². The van der Waals surface area contributed by atoms with Crippen molar-refractivity contribution in [1.82, 2.24) is 0 Å². The number of ether oxygens (including phenoxy) is 1. The van der Waals surface area contributed by atoms with Gasteiger partial charge >= 0.3 is 0 Å². The van der Waals surface area contributed by atoms with Gasteiger partial charge in [0.15, 0.2) is 0 Å². The Morgan fingerprint density at radius 2 is 0.635 bits per heavy atom. The molecule has 0 aromatic heterocycles. The fraction of sp³-hybridized carbons (Fsp3) is 0.205. The lowest BCUT2D eigenvalue weighted by atomic mass is 9.70. The summed E-state index contributed by atoms with van der Waals surface area (Å²) in [6, 6.07) is 93.1. The molecule has 2 aliphatic rings. The monoisotopic (exact) mass is 1100 g/mol. The average molecular weight is 1100 g/mol. The van der Waals surface area contributed by atoms with Crippen LogP contribution in [-0.4, -0.2) is 0 Å². The van der Waals surface area contributed by atoms with Gasteiger partial charge in [-0.15, -0.1) is 0 Å². The Morgan fingerprint density at radius 3 is 1.11 bits per heavy atom. The molecule has 0 aliphatic heterocycles. The minimum Gasteiger partial charge on any atom is -0.457 e. The van der Waals surface area contributed by atoms with Gasteiger partial charge in [0.05, 0.1) is 16.8 Å². The molecule has 0 unspecified atom stereocenters. The first-order chi connectivity index (χ1) is 40.6. The van der Waals surface area contributed by atoms with E-state index >= 15 is 0 Å². The van der Waals surface area contributed by atoms with E-state index in [1.54, 1.807) is 0 Å². The van der Waals surface area contributed by atoms with Crippen LogP contribution in [-0.2, 0) is 27.1 Å². The Hall–Kier alpha value is -8.98. The van der Waals surface area contributed by atoms with Crippen LogP contribution >= 0.6 is 0 Å². The predicted octanol–water partition coefficient (Wildman–Crippen LogP) is 23.2. The van der Waals surface area contributed by atoms with Crippen molar-refractivity contribution in [2.24, 2.45) is 0 Å². The van der Waals surface area contributed by atoms with Crippen molar-refractivity contribution in [3.63, 3.8) is 0 Å². The minimum absolute atomic E-state index is 0.0532. The van der Waals surface area contributed by atoms with E-state index in [0.717, 1.165) is 67.5 Å². The van der Waals surface area contributed by atoms with Crippen molar-refractivity contribution < 1.29 is 4.74 Å². The summed E-state index contributed by atoms with van der Waals surface area (Å²) < 4.78 is 7.59. The summed E-state index contributed by atoms with van der Waals surface area (Å²) >= 11 is 0. The fourth-order valence-electron chi connectivity index (χ4n) is 13.2. The van der Waals surface area contributed by atoms with Crippen LogP contribution in [0.15, 0.2) is 249 Å². The van der Waals surface area contributed by atoms with Gasteiger partial charge in [-0.2, -0.15) is 0 Å². The van der Waals surface area contributed by atoms with E-state index in [4.69, 9.17) is 4.74 Å². The normalized spacial score (nSPS) is 13.3. The predicted molar refractivity (Wildman–Crippen MR) is 360 cm³/mol. The number of para-hydroxylation sites is 1. The number of hydrogen-bond donors (Lipinski definition) is 0. The Bertz CT molecular complexity index is 4170. The first-order valence-electron chi connectivity index (χ1n) is 30.4. The van der Waals surface area contributed by atoms with Crippen LogP contribution in [0.4, 0.5) is 17.1 Å². The third kappa shape index (κ3) is 9.90. The molecule has 11 aromatic rings. The van der Waals surface area contributed by atoms with E-state index < -0.39 is 5.41 Å². The second-order valence-electron chi connectivity index (χ2n) is 27.8. The molecule has 420 valence electrons. The van der Waals surface area contributed by atoms with E-state index in [1.807, 2.05) is 0 Å². The standard InChI is InChI=1S/C83H77NO/c1-79(2,3)60-43-57(44-61(50-60)80(4,5)6)56-31-25-32-64(47-56)84(78-68(54-27-15-13-16-28-54)36-26-37-69(78)55-29-17-14-18-30-55)65-48-59(58-45-62(81(7,8)9)51-63(46-58)82(10,11)12)49-67(52-65)85-66-41-42-73-72-35-21-24-40-76(72)83(77(73)53-66)74-38-22-19-33-70(74)71-34-20-23-39-75(71)83/h13-53H,1-12H3. The van der Waals surface area contributed by atoms with Gasteiger partial charge in [-0.1, -0.05) is 289 Å². The maximum Gasteiger partial charge on any atom is 0.130 e. The molecular formula is C83H77NO. The van der Waals surface area contributed by atoms with Crippen molar-refractivity contribution >= 4 is 17.1 Å². The van der Waals surface area contributed by atoms with E-state index in [0.29, 0.717) is 0 Å². The van der Waals surface area contributed by atoms with Crippen molar-refractivity contribution in [3.8, 4) is 78.3 Å². The molecule has 2 nitrogen and oxygen atoms in total. The molecule has 2 aliphatic carbocycles. The highest BCUT2D eigenvalue weighted by molar-refractivity contribution is 5.99. The number of hydrogen-bond acceptors (Lipinski definition) is 2. The molecule has 0 fully saturated rings. The third-order valence-electron chi connectivity index (χ3n) is 17.9. The van der Waals surface area contributed by atoms with Crippen molar-refractivity contribution in [1.29, 1.82) is 0 Å². The zero-order chi connectivity index (χ0) is 59.2. The van der Waals surface area contributed by atoms with Crippen LogP contribution in [0.2, 0.25) is 0 Å². The molecule has 0 heterocycles. The lowest BCUT2D eigenvalue weighted by Gasteiger charge is -2.32.